The van der Waals surface area contributed by atoms with Gasteiger partial charge in [-0.15, -0.1) is 0 Å². The van der Waals surface area contributed by atoms with Gasteiger partial charge in [0.05, 0.1) is 7.11 Å². The molecule has 4 heteroatoms. The Morgan fingerprint density at radius 3 is 2.62 bits per heavy atom. The SMILES string of the molecule is COc1ccc([C@@H]2OC(=O)OC[C@H]2C)cc1. The third-order valence-corrected chi connectivity index (χ3v) is 2.65. The molecule has 1 aromatic carbocycles. The first-order chi connectivity index (χ1) is 7.70. The second kappa shape index (κ2) is 4.43. The maximum Gasteiger partial charge on any atom is 0.508 e. The Hall–Kier alpha value is -1.71. The standard InChI is InChI=1S/C12H14O4/c1-8-7-15-12(13)16-11(8)9-3-5-10(14-2)6-4-9/h3-6,8,11H,7H2,1-2H3/t8-,11-/m1/s1. The molecule has 0 amide bonds. The molecule has 0 aromatic heterocycles. The third kappa shape index (κ3) is 2.10. The molecule has 0 unspecified atom stereocenters. The number of carbonyl (C=O) groups excluding carboxylic acids is 1. The number of rotatable bonds is 2. The highest BCUT2D eigenvalue weighted by Crippen LogP contribution is 2.31. The molecule has 1 heterocycles. The lowest BCUT2D eigenvalue weighted by Crippen LogP contribution is -2.29. The van der Waals surface area contributed by atoms with Gasteiger partial charge in [-0.3, -0.25) is 0 Å². The van der Waals surface area contributed by atoms with Crippen molar-refractivity contribution in [2.24, 2.45) is 5.92 Å². The van der Waals surface area contributed by atoms with Crippen molar-refractivity contribution in [2.75, 3.05) is 13.7 Å². The molecule has 0 N–H and O–H groups in total. The summed E-state index contributed by atoms with van der Waals surface area (Å²) >= 11 is 0. The maximum absolute atomic E-state index is 11.0. The first-order valence-corrected chi connectivity index (χ1v) is 5.18. The van der Waals surface area contributed by atoms with Gasteiger partial charge in [0, 0.05) is 5.92 Å². The molecule has 0 spiro atoms. The molecule has 0 bridgehead atoms. The van der Waals surface area contributed by atoms with E-state index in [4.69, 9.17) is 14.2 Å². The van der Waals surface area contributed by atoms with Crippen molar-refractivity contribution in [3.63, 3.8) is 0 Å². The summed E-state index contributed by atoms with van der Waals surface area (Å²) in [5, 5.41) is 0. The Morgan fingerprint density at radius 1 is 1.31 bits per heavy atom. The van der Waals surface area contributed by atoms with Crippen LogP contribution >= 0.6 is 0 Å². The molecule has 0 radical (unpaired) electrons. The minimum absolute atomic E-state index is 0.158. The van der Waals surface area contributed by atoms with Crippen LogP contribution in [0.3, 0.4) is 0 Å². The number of hydrogen-bond donors (Lipinski definition) is 0. The Bertz CT molecular complexity index is 371. The van der Waals surface area contributed by atoms with Crippen molar-refractivity contribution in [3.8, 4) is 5.75 Å². The van der Waals surface area contributed by atoms with E-state index in [0.717, 1.165) is 11.3 Å². The quantitative estimate of drug-likeness (QED) is 0.721. The summed E-state index contributed by atoms with van der Waals surface area (Å²) in [4.78, 5) is 11.0. The molecule has 1 aromatic rings. The highest BCUT2D eigenvalue weighted by atomic mass is 16.7. The summed E-state index contributed by atoms with van der Waals surface area (Å²) in [7, 11) is 1.62. The molecule has 1 aliphatic heterocycles. The fourth-order valence-electron chi connectivity index (χ4n) is 1.73. The summed E-state index contributed by atoms with van der Waals surface area (Å²) in [6.07, 6.45) is -0.828. The van der Waals surface area contributed by atoms with Crippen molar-refractivity contribution in [3.05, 3.63) is 29.8 Å². The van der Waals surface area contributed by atoms with E-state index in [0.29, 0.717) is 6.61 Å². The van der Waals surface area contributed by atoms with Crippen molar-refractivity contribution in [2.45, 2.75) is 13.0 Å². The number of methoxy groups -OCH3 is 1. The second-order valence-corrected chi connectivity index (χ2v) is 3.85. The fourth-order valence-corrected chi connectivity index (χ4v) is 1.73. The van der Waals surface area contributed by atoms with E-state index in [1.165, 1.54) is 0 Å². The van der Waals surface area contributed by atoms with E-state index < -0.39 is 6.16 Å². The van der Waals surface area contributed by atoms with Crippen LogP contribution in [0.1, 0.15) is 18.6 Å². The van der Waals surface area contributed by atoms with Crippen molar-refractivity contribution in [1.29, 1.82) is 0 Å². The summed E-state index contributed by atoms with van der Waals surface area (Å²) in [6, 6.07) is 7.51. The number of ether oxygens (including phenoxy) is 3. The molecule has 4 nitrogen and oxygen atoms in total. The van der Waals surface area contributed by atoms with Gasteiger partial charge in [0.25, 0.3) is 0 Å². The molecule has 0 saturated carbocycles. The lowest BCUT2D eigenvalue weighted by Gasteiger charge is -2.28. The predicted octanol–water partition coefficient (Wildman–Crippen LogP) is 2.54. The molecular weight excluding hydrogens is 208 g/mol. The smallest absolute Gasteiger partial charge is 0.497 e. The largest absolute Gasteiger partial charge is 0.508 e. The number of carbonyl (C=O) groups is 1. The van der Waals surface area contributed by atoms with Crippen LogP contribution < -0.4 is 4.74 Å². The zero-order chi connectivity index (χ0) is 11.5. The molecule has 86 valence electrons. The number of hydrogen-bond acceptors (Lipinski definition) is 4. The minimum atomic E-state index is -0.598. The Morgan fingerprint density at radius 2 is 2.00 bits per heavy atom. The molecule has 1 fully saturated rings. The first-order valence-electron chi connectivity index (χ1n) is 5.18. The van der Waals surface area contributed by atoms with Crippen LogP contribution in [0.5, 0.6) is 5.75 Å². The highest BCUT2D eigenvalue weighted by molar-refractivity contribution is 5.61. The van der Waals surface area contributed by atoms with Crippen LogP contribution in [-0.4, -0.2) is 19.9 Å². The molecule has 1 saturated heterocycles. The van der Waals surface area contributed by atoms with E-state index in [2.05, 4.69) is 0 Å². The molecule has 1 aliphatic rings. The van der Waals surface area contributed by atoms with Gasteiger partial charge in [0.2, 0.25) is 0 Å². The van der Waals surface area contributed by atoms with Crippen molar-refractivity contribution < 1.29 is 19.0 Å². The monoisotopic (exact) mass is 222 g/mol. The fraction of sp³-hybridized carbons (Fsp3) is 0.417. The molecule has 2 rings (SSSR count). The Kier molecular flexibility index (Phi) is 2.99. The number of benzene rings is 1. The van der Waals surface area contributed by atoms with Crippen LogP contribution in [0.2, 0.25) is 0 Å². The first kappa shape index (κ1) is 10.8. The van der Waals surface area contributed by atoms with Crippen LogP contribution in [0.4, 0.5) is 4.79 Å². The third-order valence-electron chi connectivity index (χ3n) is 2.65. The summed E-state index contributed by atoms with van der Waals surface area (Å²) in [6.45, 7) is 2.39. The summed E-state index contributed by atoms with van der Waals surface area (Å²) < 4.78 is 15.0. The topological polar surface area (TPSA) is 44.8 Å². The zero-order valence-corrected chi connectivity index (χ0v) is 9.30. The van der Waals surface area contributed by atoms with Crippen LogP contribution in [0.15, 0.2) is 24.3 Å². The average Bonchev–Trinajstić information content (AvgIpc) is 2.32. The molecule has 0 aliphatic carbocycles. The van der Waals surface area contributed by atoms with Crippen molar-refractivity contribution in [1.82, 2.24) is 0 Å². The van der Waals surface area contributed by atoms with E-state index in [1.807, 2.05) is 31.2 Å². The average molecular weight is 222 g/mol. The number of cyclic esters (lactones) is 2. The van der Waals surface area contributed by atoms with Crippen LogP contribution in [-0.2, 0) is 9.47 Å². The van der Waals surface area contributed by atoms with Gasteiger partial charge in [-0.2, -0.15) is 0 Å². The van der Waals surface area contributed by atoms with Gasteiger partial charge in [-0.05, 0) is 17.7 Å². The second-order valence-electron chi connectivity index (χ2n) is 3.85. The summed E-state index contributed by atoms with van der Waals surface area (Å²) in [5.41, 5.74) is 0.963. The molecular formula is C12H14O4. The van der Waals surface area contributed by atoms with E-state index in [9.17, 15) is 4.79 Å². The van der Waals surface area contributed by atoms with Gasteiger partial charge in [0.15, 0.2) is 0 Å². The highest BCUT2D eigenvalue weighted by Gasteiger charge is 2.30. The lowest BCUT2D eigenvalue weighted by molar-refractivity contribution is -0.0552. The van der Waals surface area contributed by atoms with Crippen LogP contribution in [0, 0.1) is 5.92 Å². The Balaban J connectivity index is 2.18. The van der Waals surface area contributed by atoms with Gasteiger partial charge < -0.3 is 14.2 Å². The van der Waals surface area contributed by atoms with Gasteiger partial charge in [-0.1, -0.05) is 19.1 Å². The van der Waals surface area contributed by atoms with Gasteiger partial charge in [0.1, 0.15) is 18.5 Å². The van der Waals surface area contributed by atoms with Gasteiger partial charge >= 0.3 is 6.16 Å². The van der Waals surface area contributed by atoms with E-state index in [1.54, 1.807) is 7.11 Å². The van der Waals surface area contributed by atoms with E-state index >= 15 is 0 Å². The normalized spacial score (nSPS) is 24.5. The molecule has 16 heavy (non-hydrogen) atoms. The Labute approximate surface area is 94.1 Å². The van der Waals surface area contributed by atoms with Gasteiger partial charge in [-0.25, -0.2) is 4.79 Å². The minimum Gasteiger partial charge on any atom is -0.497 e. The molecule has 2 atom stereocenters. The lowest BCUT2D eigenvalue weighted by atomic mass is 9.97. The predicted molar refractivity (Wildman–Crippen MR) is 57.3 cm³/mol. The zero-order valence-electron chi connectivity index (χ0n) is 9.30. The van der Waals surface area contributed by atoms with Crippen LogP contribution in [0.25, 0.3) is 0 Å². The van der Waals surface area contributed by atoms with E-state index in [-0.39, 0.29) is 12.0 Å². The van der Waals surface area contributed by atoms with Crippen molar-refractivity contribution >= 4 is 6.16 Å². The summed E-state index contributed by atoms with van der Waals surface area (Å²) in [5.74, 6) is 0.945. The maximum atomic E-state index is 11.0.